The Bertz CT molecular complexity index is 120. The Balaban J connectivity index is 3.79. The highest BCUT2D eigenvalue weighted by atomic mass is 16.3. The highest BCUT2D eigenvalue weighted by molar-refractivity contribution is 4.69. The number of hydrogen-bond donors (Lipinski definition) is 1. The summed E-state index contributed by atoms with van der Waals surface area (Å²) in [7, 11) is 0. The van der Waals surface area contributed by atoms with Gasteiger partial charge in [0, 0.05) is 6.61 Å². The van der Waals surface area contributed by atoms with Crippen LogP contribution in [-0.2, 0) is 0 Å². The van der Waals surface area contributed by atoms with Crippen molar-refractivity contribution < 1.29 is 5.11 Å². The Kier molecular flexibility index (Phi) is 5.62. The lowest BCUT2D eigenvalue weighted by molar-refractivity contribution is 0.182. The van der Waals surface area contributed by atoms with Gasteiger partial charge in [0.05, 0.1) is 0 Å². The second-order valence-corrected chi connectivity index (χ2v) is 5.56. The Labute approximate surface area is 83.5 Å². The third-order valence-electron chi connectivity index (χ3n) is 2.53. The lowest BCUT2D eigenvalue weighted by Gasteiger charge is -2.25. The molecule has 0 aromatic carbocycles. The molecular weight excluding hydrogens is 160 g/mol. The van der Waals surface area contributed by atoms with Gasteiger partial charge >= 0.3 is 0 Å². The summed E-state index contributed by atoms with van der Waals surface area (Å²) in [5.74, 6) is 1.24. The van der Waals surface area contributed by atoms with E-state index in [0.717, 1.165) is 12.3 Å². The fourth-order valence-corrected chi connectivity index (χ4v) is 2.07. The van der Waals surface area contributed by atoms with E-state index in [2.05, 4.69) is 34.6 Å². The van der Waals surface area contributed by atoms with E-state index in [4.69, 9.17) is 5.11 Å². The van der Waals surface area contributed by atoms with Crippen molar-refractivity contribution in [2.24, 2.45) is 17.3 Å². The molecule has 80 valence electrons. The molecule has 0 bridgehead atoms. The highest BCUT2D eigenvalue weighted by Gasteiger charge is 2.17. The van der Waals surface area contributed by atoms with E-state index in [9.17, 15) is 0 Å². The topological polar surface area (TPSA) is 20.2 Å². The molecule has 0 spiro atoms. The smallest absolute Gasteiger partial charge is 0.0459 e. The summed E-state index contributed by atoms with van der Waals surface area (Å²) >= 11 is 0. The number of aliphatic hydroxyl groups is 1. The van der Waals surface area contributed by atoms with Crippen LogP contribution in [0.15, 0.2) is 0 Å². The summed E-state index contributed by atoms with van der Waals surface area (Å²) < 4.78 is 0. The van der Waals surface area contributed by atoms with Gasteiger partial charge in [0.1, 0.15) is 0 Å². The second kappa shape index (κ2) is 5.64. The van der Waals surface area contributed by atoms with Crippen LogP contribution in [0.1, 0.15) is 53.9 Å². The first-order chi connectivity index (χ1) is 5.89. The van der Waals surface area contributed by atoms with Gasteiger partial charge in [-0.1, -0.05) is 41.0 Å². The molecule has 2 unspecified atom stereocenters. The van der Waals surface area contributed by atoms with Crippen LogP contribution in [0, 0.1) is 17.3 Å². The van der Waals surface area contributed by atoms with Gasteiger partial charge in [0.25, 0.3) is 0 Å². The molecule has 0 saturated heterocycles. The number of hydrogen-bond acceptors (Lipinski definition) is 1. The molecule has 0 radical (unpaired) electrons. The normalized spacial score (nSPS) is 17.1. The molecule has 0 saturated carbocycles. The molecular formula is C12H26O. The van der Waals surface area contributed by atoms with E-state index < -0.39 is 0 Å². The lowest BCUT2D eigenvalue weighted by Crippen LogP contribution is -2.15. The minimum Gasteiger partial charge on any atom is -0.396 e. The van der Waals surface area contributed by atoms with Gasteiger partial charge in [-0.3, -0.25) is 0 Å². The monoisotopic (exact) mass is 186 g/mol. The Morgan fingerprint density at radius 3 is 2.08 bits per heavy atom. The summed E-state index contributed by atoms with van der Waals surface area (Å²) in [6.45, 7) is 11.6. The zero-order valence-electron chi connectivity index (χ0n) is 9.93. The van der Waals surface area contributed by atoms with Crippen LogP contribution in [0.4, 0.5) is 0 Å². The summed E-state index contributed by atoms with van der Waals surface area (Å²) in [6.07, 6.45) is 3.53. The summed E-state index contributed by atoms with van der Waals surface area (Å²) in [4.78, 5) is 0. The second-order valence-electron chi connectivity index (χ2n) is 5.56. The van der Waals surface area contributed by atoms with Crippen molar-refractivity contribution in [2.45, 2.75) is 53.9 Å². The van der Waals surface area contributed by atoms with Crippen LogP contribution in [-0.4, -0.2) is 11.7 Å². The minimum absolute atomic E-state index is 0.352. The maximum atomic E-state index is 9.07. The van der Waals surface area contributed by atoms with Gasteiger partial charge in [-0.05, 0) is 30.1 Å². The van der Waals surface area contributed by atoms with Crippen molar-refractivity contribution in [2.75, 3.05) is 6.61 Å². The van der Waals surface area contributed by atoms with Crippen molar-refractivity contribution in [3.05, 3.63) is 0 Å². The summed E-state index contributed by atoms with van der Waals surface area (Å²) in [5, 5.41) is 9.07. The number of aliphatic hydroxyl groups excluding tert-OH is 1. The first kappa shape index (κ1) is 13.0. The zero-order chi connectivity index (χ0) is 10.5. The van der Waals surface area contributed by atoms with Crippen molar-refractivity contribution in [3.63, 3.8) is 0 Å². The summed E-state index contributed by atoms with van der Waals surface area (Å²) in [5.41, 5.74) is 0.424. The molecule has 0 aliphatic rings. The lowest BCUT2D eigenvalue weighted by atomic mass is 9.81. The van der Waals surface area contributed by atoms with E-state index in [-0.39, 0.29) is 0 Å². The zero-order valence-corrected chi connectivity index (χ0v) is 9.93. The Hall–Kier alpha value is -0.0400. The molecule has 0 aliphatic carbocycles. The van der Waals surface area contributed by atoms with Gasteiger partial charge in [-0.15, -0.1) is 0 Å². The molecule has 0 heterocycles. The Morgan fingerprint density at radius 1 is 1.23 bits per heavy atom. The molecule has 2 atom stereocenters. The van der Waals surface area contributed by atoms with Crippen molar-refractivity contribution in [1.82, 2.24) is 0 Å². The maximum Gasteiger partial charge on any atom is 0.0459 e. The van der Waals surface area contributed by atoms with E-state index in [1.54, 1.807) is 0 Å². The number of rotatable bonds is 5. The van der Waals surface area contributed by atoms with Crippen LogP contribution in [0.2, 0.25) is 0 Å². The predicted molar refractivity (Wildman–Crippen MR) is 58.7 cm³/mol. The van der Waals surface area contributed by atoms with Crippen LogP contribution in [0.25, 0.3) is 0 Å². The molecule has 0 fully saturated rings. The SMILES string of the molecule is CCC(CO)CC(C)CC(C)(C)C. The van der Waals surface area contributed by atoms with Crippen molar-refractivity contribution in [3.8, 4) is 0 Å². The van der Waals surface area contributed by atoms with Crippen LogP contribution in [0.3, 0.4) is 0 Å². The van der Waals surface area contributed by atoms with Crippen molar-refractivity contribution in [1.29, 1.82) is 0 Å². The average Bonchev–Trinajstić information content (AvgIpc) is 1.96. The minimum atomic E-state index is 0.352. The maximum absolute atomic E-state index is 9.07. The molecule has 1 N–H and O–H groups in total. The standard InChI is InChI=1S/C12H26O/c1-6-11(9-13)7-10(2)8-12(3,4)5/h10-11,13H,6-9H2,1-5H3. The molecule has 13 heavy (non-hydrogen) atoms. The van der Waals surface area contributed by atoms with Crippen LogP contribution >= 0.6 is 0 Å². The van der Waals surface area contributed by atoms with Gasteiger partial charge in [-0.25, -0.2) is 0 Å². The van der Waals surface area contributed by atoms with Gasteiger partial charge in [-0.2, -0.15) is 0 Å². The molecule has 0 aromatic rings. The van der Waals surface area contributed by atoms with Gasteiger partial charge in [0.2, 0.25) is 0 Å². The molecule has 0 amide bonds. The van der Waals surface area contributed by atoms with E-state index in [1.807, 2.05) is 0 Å². The molecule has 0 aromatic heterocycles. The van der Waals surface area contributed by atoms with E-state index in [1.165, 1.54) is 12.8 Å². The van der Waals surface area contributed by atoms with Crippen molar-refractivity contribution >= 4 is 0 Å². The van der Waals surface area contributed by atoms with Gasteiger partial charge < -0.3 is 5.11 Å². The third kappa shape index (κ3) is 7.06. The van der Waals surface area contributed by atoms with E-state index >= 15 is 0 Å². The molecule has 1 nitrogen and oxygen atoms in total. The quantitative estimate of drug-likeness (QED) is 0.697. The predicted octanol–water partition coefficient (Wildman–Crippen LogP) is 3.47. The van der Waals surface area contributed by atoms with Crippen LogP contribution in [0.5, 0.6) is 0 Å². The van der Waals surface area contributed by atoms with Crippen LogP contribution < -0.4 is 0 Å². The fourth-order valence-electron chi connectivity index (χ4n) is 2.07. The Morgan fingerprint density at radius 2 is 1.77 bits per heavy atom. The molecule has 0 rings (SSSR count). The third-order valence-corrected chi connectivity index (χ3v) is 2.53. The highest BCUT2D eigenvalue weighted by Crippen LogP contribution is 2.28. The van der Waals surface area contributed by atoms with Gasteiger partial charge in [0.15, 0.2) is 0 Å². The molecule has 0 aliphatic heterocycles. The summed E-state index contributed by atoms with van der Waals surface area (Å²) in [6, 6.07) is 0. The first-order valence-corrected chi connectivity index (χ1v) is 5.50. The fraction of sp³-hybridized carbons (Fsp3) is 1.00. The largest absolute Gasteiger partial charge is 0.396 e. The van der Waals surface area contributed by atoms with E-state index in [0.29, 0.717) is 17.9 Å². The first-order valence-electron chi connectivity index (χ1n) is 5.50. The average molecular weight is 186 g/mol. The molecule has 1 heteroatoms.